The van der Waals surface area contributed by atoms with Gasteiger partial charge in [-0.2, -0.15) is 0 Å². The monoisotopic (exact) mass is 327 g/mol. The lowest BCUT2D eigenvalue weighted by Crippen LogP contribution is -2.29. The number of hydrogen-bond acceptors (Lipinski definition) is 3. The molecule has 3 rings (SSSR count). The highest BCUT2D eigenvalue weighted by molar-refractivity contribution is 5.76. The highest BCUT2D eigenvalue weighted by Gasteiger charge is 2.19. The zero-order valence-electron chi connectivity index (χ0n) is 14.1. The van der Waals surface area contributed by atoms with Crippen LogP contribution in [0.5, 0.6) is 0 Å². The van der Waals surface area contributed by atoms with Gasteiger partial charge < -0.3 is 15.0 Å². The van der Waals surface area contributed by atoms with E-state index in [4.69, 9.17) is 4.74 Å². The maximum atomic E-state index is 12.2. The lowest BCUT2D eigenvalue weighted by molar-refractivity contribution is -0.122. The molecule has 2 unspecified atom stereocenters. The zero-order valence-corrected chi connectivity index (χ0v) is 14.1. The van der Waals surface area contributed by atoms with Crippen LogP contribution in [0, 0.1) is 0 Å². The molecule has 5 heteroatoms. The molecular weight excluding hydrogens is 302 g/mol. The largest absolute Gasteiger partial charge is 0.378 e. The summed E-state index contributed by atoms with van der Waals surface area (Å²) in [5.74, 6) is 0.872. The van der Waals surface area contributed by atoms with Gasteiger partial charge in [0.15, 0.2) is 0 Å². The third kappa shape index (κ3) is 4.23. The van der Waals surface area contributed by atoms with Crippen LogP contribution in [0.2, 0.25) is 0 Å². The zero-order chi connectivity index (χ0) is 16.8. The van der Waals surface area contributed by atoms with Crippen molar-refractivity contribution in [2.75, 3.05) is 6.61 Å². The minimum absolute atomic E-state index is 0.0648. The second-order valence-electron chi connectivity index (χ2n) is 6.25. The number of nitrogens with one attached hydrogen (secondary N) is 2. The minimum atomic E-state index is -0.0838. The van der Waals surface area contributed by atoms with E-state index in [0.717, 1.165) is 49.4 Å². The van der Waals surface area contributed by atoms with Crippen LogP contribution < -0.4 is 5.32 Å². The van der Waals surface area contributed by atoms with E-state index in [1.54, 1.807) is 0 Å². The Morgan fingerprint density at radius 2 is 2.25 bits per heavy atom. The minimum Gasteiger partial charge on any atom is -0.378 e. The fourth-order valence-electron chi connectivity index (χ4n) is 3.07. The average Bonchev–Trinajstić information content (AvgIpc) is 3.30. The number of nitrogens with zero attached hydrogens (tertiary/aromatic N) is 1. The van der Waals surface area contributed by atoms with Crippen LogP contribution in [0.3, 0.4) is 0 Å². The molecule has 1 amide bonds. The maximum Gasteiger partial charge on any atom is 0.220 e. The first-order valence-electron chi connectivity index (χ1n) is 8.77. The Morgan fingerprint density at radius 1 is 1.42 bits per heavy atom. The van der Waals surface area contributed by atoms with E-state index in [0.29, 0.717) is 6.42 Å². The van der Waals surface area contributed by atoms with Gasteiger partial charge in [0.2, 0.25) is 5.91 Å². The molecule has 1 aromatic carbocycles. The number of imidazole rings is 1. The average molecular weight is 327 g/mol. The summed E-state index contributed by atoms with van der Waals surface area (Å²) in [4.78, 5) is 20.0. The number of aromatic nitrogens is 2. The van der Waals surface area contributed by atoms with E-state index < -0.39 is 0 Å². The molecule has 1 saturated heterocycles. The molecular formula is C19H25N3O2. The van der Waals surface area contributed by atoms with Crippen molar-refractivity contribution in [3.8, 4) is 11.3 Å². The summed E-state index contributed by atoms with van der Waals surface area (Å²) < 4.78 is 5.57. The molecule has 1 fully saturated rings. The Hall–Kier alpha value is -2.14. The van der Waals surface area contributed by atoms with E-state index in [1.165, 1.54) is 0 Å². The number of carbonyl (C=O) groups is 1. The number of carbonyl (C=O) groups excluding carboxylic acids is 1. The number of H-pyrrole nitrogens is 1. The van der Waals surface area contributed by atoms with Crippen molar-refractivity contribution < 1.29 is 9.53 Å². The third-order valence-electron chi connectivity index (χ3n) is 4.47. The van der Waals surface area contributed by atoms with Crippen molar-refractivity contribution in [1.82, 2.24) is 15.3 Å². The van der Waals surface area contributed by atoms with Gasteiger partial charge in [0, 0.05) is 13.0 Å². The number of ether oxygens (including phenoxy) is 1. The summed E-state index contributed by atoms with van der Waals surface area (Å²) in [5, 5.41) is 3.08. The van der Waals surface area contributed by atoms with Crippen LogP contribution in [0.25, 0.3) is 11.3 Å². The van der Waals surface area contributed by atoms with Gasteiger partial charge >= 0.3 is 0 Å². The van der Waals surface area contributed by atoms with Crippen molar-refractivity contribution in [3.05, 3.63) is 42.4 Å². The fourth-order valence-corrected chi connectivity index (χ4v) is 3.07. The Labute approximate surface area is 142 Å². The number of benzene rings is 1. The van der Waals surface area contributed by atoms with E-state index in [2.05, 4.69) is 22.2 Å². The topological polar surface area (TPSA) is 67.0 Å². The Kier molecular flexibility index (Phi) is 5.64. The third-order valence-corrected chi connectivity index (χ3v) is 4.47. The smallest absolute Gasteiger partial charge is 0.220 e. The quantitative estimate of drug-likeness (QED) is 0.816. The standard InChI is InChI=1S/C19H25N3O2/c1-2-16(21-18(23)11-10-15-9-6-12-24-15)19-20-13-17(22-19)14-7-4-3-5-8-14/h3-5,7-8,13,15-16H,2,6,9-12H2,1H3,(H,20,22)(H,21,23). The van der Waals surface area contributed by atoms with Crippen LogP contribution in [-0.2, 0) is 9.53 Å². The lowest BCUT2D eigenvalue weighted by atomic mass is 10.1. The molecule has 2 atom stereocenters. The highest BCUT2D eigenvalue weighted by atomic mass is 16.5. The van der Waals surface area contributed by atoms with Gasteiger partial charge in [-0.25, -0.2) is 4.98 Å². The van der Waals surface area contributed by atoms with Gasteiger partial charge in [-0.3, -0.25) is 4.79 Å². The molecule has 0 radical (unpaired) electrons. The summed E-state index contributed by atoms with van der Waals surface area (Å²) in [7, 11) is 0. The number of amides is 1. The molecule has 2 heterocycles. The van der Waals surface area contributed by atoms with Gasteiger partial charge in [-0.05, 0) is 31.2 Å². The molecule has 2 aromatic rings. The van der Waals surface area contributed by atoms with Crippen LogP contribution >= 0.6 is 0 Å². The van der Waals surface area contributed by atoms with Gasteiger partial charge in [0.05, 0.1) is 24.0 Å². The van der Waals surface area contributed by atoms with E-state index >= 15 is 0 Å². The summed E-state index contributed by atoms with van der Waals surface area (Å²) in [5.41, 5.74) is 2.06. The van der Waals surface area contributed by atoms with Crippen LogP contribution in [0.1, 0.15) is 50.9 Å². The van der Waals surface area contributed by atoms with E-state index in [9.17, 15) is 4.79 Å². The first-order valence-corrected chi connectivity index (χ1v) is 8.77. The van der Waals surface area contributed by atoms with Gasteiger partial charge in [-0.15, -0.1) is 0 Å². The highest BCUT2D eigenvalue weighted by Crippen LogP contribution is 2.21. The second kappa shape index (κ2) is 8.11. The Balaban J connectivity index is 1.57. The second-order valence-corrected chi connectivity index (χ2v) is 6.25. The molecule has 2 N–H and O–H groups in total. The predicted octanol–water partition coefficient (Wildman–Crippen LogP) is 3.60. The molecule has 0 spiro atoms. The molecule has 1 aliphatic rings. The molecule has 0 saturated carbocycles. The van der Waals surface area contributed by atoms with Gasteiger partial charge in [0.1, 0.15) is 5.82 Å². The summed E-state index contributed by atoms with van der Waals surface area (Å²) in [6.07, 6.45) is 6.37. The molecule has 0 aliphatic carbocycles. The van der Waals surface area contributed by atoms with E-state index in [1.807, 2.05) is 36.5 Å². The maximum absolute atomic E-state index is 12.2. The number of aromatic amines is 1. The number of hydrogen-bond donors (Lipinski definition) is 2. The Bertz CT molecular complexity index is 648. The van der Waals surface area contributed by atoms with Crippen molar-refractivity contribution in [3.63, 3.8) is 0 Å². The summed E-state index contributed by atoms with van der Waals surface area (Å²) in [6, 6.07) is 9.99. The molecule has 1 aliphatic heterocycles. The van der Waals surface area contributed by atoms with Gasteiger partial charge in [-0.1, -0.05) is 37.3 Å². The molecule has 128 valence electrons. The van der Waals surface area contributed by atoms with Crippen molar-refractivity contribution >= 4 is 5.91 Å². The SMILES string of the molecule is CCC(NC(=O)CCC1CCCO1)c1ncc(-c2ccccc2)[nH]1. The molecule has 0 bridgehead atoms. The van der Waals surface area contributed by atoms with Crippen molar-refractivity contribution in [2.45, 2.75) is 51.2 Å². The lowest BCUT2D eigenvalue weighted by Gasteiger charge is -2.15. The fraction of sp³-hybridized carbons (Fsp3) is 0.474. The van der Waals surface area contributed by atoms with Crippen molar-refractivity contribution in [1.29, 1.82) is 0 Å². The first kappa shape index (κ1) is 16.7. The first-order chi connectivity index (χ1) is 11.8. The predicted molar refractivity (Wildman–Crippen MR) is 93.4 cm³/mol. The van der Waals surface area contributed by atoms with Crippen molar-refractivity contribution in [2.24, 2.45) is 0 Å². The normalized spacial score (nSPS) is 18.5. The summed E-state index contributed by atoms with van der Waals surface area (Å²) >= 11 is 0. The summed E-state index contributed by atoms with van der Waals surface area (Å²) in [6.45, 7) is 2.88. The van der Waals surface area contributed by atoms with E-state index in [-0.39, 0.29) is 18.1 Å². The molecule has 1 aromatic heterocycles. The Morgan fingerprint density at radius 3 is 2.96 bits per heavy atom. The van der Waals surface area contributed by atoms with Crippen LogP contribution in [0.15, 0.2) is 36.5 Å². The number of rotatable bonds is 7. The molecule has 24 heavy (non-hydrogen) atoms. The molecule has 5 nitrogen and oxygen atoms in total. The van der Waals surface area contributed by atoms with Gasteiger partial charge in [0.25, 0.3) is 0 Å². The van der Waals surface area contributed by atoms with Crippen LogP contribution in [0.4, 0.5) is 0 Å². The van der Waals surface area contributed by atoms with Crippen LogP contribution in [-0.4, -0.2) is 28.6 Å².